The van der Waals surface area contributed by atoms with Crippen LogP contribution in [0.5, 0.6) is 0 Å². The molecule has 0 saturated heterocycles. The lowest BCUT2D eigenvalue weighted by Gasteiger charge is -2.10. The van der Waals surface area contributed by atoms with Crippen LogP contribution in [0.25, 0.3) is 0 Å². The number of fused-ring (bicyclic) bond motifs is 1. The maximum atomic E-state index is 10.7. The van der Waals surface area contributed by atoms with Gasteiger partial charge in [-0.25, -0.2) is 4.79 Å². The van der Waals surface area contributed by atoms with E-state index in [0.29, 0.717) is 12.1 Å². The maximum Gasteiger partial charge on any atom is 0.335 e. The summed E-state index contributed by atoms with van der Waals surface area (Å²) in [4.78, 5) is 14.8. The molecule has 66 valence electrons. The molecule has 0 aliphatic carbocycles. The summed E-state index contributed by atoms with van der Waals surface area (Å²) in [7, 11) is 0. The molecule has 1 N–H and O–H groups in total. The second kappa shape index (κ2) is 3.01. The first kappa shape index (κ1) is 7.98. The molecule has 0 fully saturated rings. The van der Waals surface area contributed by atoms with Gasteiger partial charge < -0.3 is 5.11 Å². The fourth-order valence-electron chi connectivity index (χ4n) is 1.43. The second-order valence-corrected chi connectivity index (χ2v) is 3.02. The first-order chi connectivity index (χ1) is 6.27. The number of carboxylic acids is 1. The van der Waals surface area contributed by atoms with E-state index in [-0.39, 0.29) is 0 Å². The highest BCUT2D eigenvalue weighted by Gasteiger charge is 2.09. The molecule has 0 radical (unpaired) electrons. The zero-order valence-corrected chi connectivity index (χ0v) is 7.03. The summed E-state index contributed by atoms with van der Waals surface area (Å²) in [5.74, 6) is -0.870. The van der Waals surface area contributed by atoms with E-state index in [1.54, 1.807) is 12.1 Å². The van der Waals surface area contributed by atoms with Gasteiger partial charge in [-0.3, -0.25) is 4.99 Å². The lowest BCUT2D eigenvalue weighted by atomic mass is 10.00. The van der Waals surface area contributed by atoms with E-state index in [1.165, 1.54) is 0 Å². The fraction of sp³-hybridized carbons (Fsp3) is 0.200. The van der Waals surface area contributed by atoms with E-state index in [4.69, 9.17) is 5.11 Å². The van der Waals surface area contributed by atoms with E-state index >= 15 is 0 Å². The molecule has 0 saturated carbocycles. The van der Waals surface area contributed by atoms with E-state index < -0.39 is 5.97 Å². The molecule has 1 aromatic carbocycles. The van der Waals surface area contributed by atoms with E-state index in [2.05, 4.69) is 4.99 Å². The summed E-state index contributed by atoms with van der Waals surface area (Å²) in [5.41, 5.74) is 2.57. The van der Waals surface area contributed by atoms with Crippen LogP contribution in [0, 0.1) is 0 Å². The van der Waals surface area contributed by atoms with Crippen molar-refractivity contribution in [2.75, 3.05) is 0 Å². The number of carboxylic acid groups (broad SMARTS) is 1. The zero-order chi connectivity index (χ0) is 9.26. The number of hydrogen-bond donors (Lipinski definition) is 1. The van der Waals surface area contributed by atoms with Crippen LogP contribution < -0.4 is 0 Å². The molecule has 3 heteroatoms. The smallest absolute Gasteiger partial charge is 0.335 e. The molecule has 1 aliphatic heterocycles. The quantitative estimate of drug-likeness (QED) is 0.703. The Balaban J connectivity index is 2.44. The van der Waals surface area contributed by atoms with Gasteiger partial charge in [0, 0.05) is 12.6 Å². The molecule has 2 rings (SSSR count). The summed E-state index contributed by atoms with van der Waals surface area (Å²) < 4.78 is 0. The van der Waals surface area contributed by atoms with Gasteiger partial charge in [0.25, 0.3) is 0 Å². The number of nitrogens with zero attached hydrogens (tertiary/aromatic N) is 1. The number of hydrogen-bond acceptors (Lipinski definition) is 2. The normalized spacial score (nSPS) is 13.8. The number of aromatic carboxylic acids is 1. The average molecular weight is 175 g/mol. The molecular formula is C10H9NO2. The van der Waals surface area contributed by atoms with Gasteiger partial charge >= 0.3 is 5.97 Å². The molecule has 13 heavy (non-hydrogen) atoms. The van der Waals surface area contributed by atoms with Crippen molar-refractivity contribution in [3.05, 3.63) is 34.9 Å². The Morgan fingerprint density at radius 1 is 1.38 bits per heavy atom. The van der Waals surface area contributed by atoms with Crippen molar-refractivity contribution in [2.45, 2.75) is 13.0 Å². The molecule has 1 aliphatic rings. The van der Waals surface area contributed by atoms with Crippen molar-refractivity contribution in [1.29, 1.82) is 0 Å². The van der Waals surface area contributed by atoms with Crippen LogP contribution in [-0.4, -0.2) is 17.3 Å². The van der Waals surface area contributed by atoms with Crippen molar-refractivity contribution in [3.8, 4) is 0 Å². The van der Waals surface area contributed by atoms with Gasteiger partial charge in [-0.2, -0.15) is 0 Å². The molecule has 0 spiro atoms. The van der Waals surface area contributed by atoms with Gasteiger partial charge in [-0.15, -0.1) is 0 Å². The van der Waals surface area contributed by atoms with Crippen molar-refractivity contribution in [3.63, 3.8) is 0 Å². The lowest BCUT2D eigenvalue weighted by Crippen LogP contribution is -2.04. The molecule has 1 aromatic rings. The number of aliphatic imine (C=N–C) groups is 1. The molecule has 1 heterocycles. The minimum Gasteiger partial charge on any atom is -0.478 e. The standard InChI is InChI=1S/C10H9NO2/c12-10(13)8-1-2-9-6-11-4-3-7(9)5-8/h1-2,4-5H,3,6H2,(H,12,13). The Kier molecular flexibility index (Phi) is 1.85. The fourth-order valence-corrected chi connectivity index (χ4v) is 1.43. The van der Waals surface area contributed by atoms with Gasteiger partial charge in [-0.1, -0.05) is 6.07 Å². The summed E-state index contributed by atoms with van der Waals surface area (Å²) in [6.45, 7) is 0.676. The van der Waals surface area contributed by atoms with E-state index in [9.17, 15) is 4.79 Å². The highest BCUT2D eigenvalue weighted by molar-refractivity contribution is 5.88. The number of rotatable bonds is 1. The minimum absolute atomic E-state index is 0.356. The van der Waals surface area contributed by atoms with Crippen LogP contribution in [0.3, 0.4) is 0 Å². The predicted octanol–water partition coefficient (Wildman–Crippen LogP) is 1.51. The minimum atomic E-state index is -0.870. The summed E-state index contributed by atoms with van der Waals surface area (Å²) >= 11 is 0. The SMILES string of the molecule is O=C(O)c1ccc2c(c1)CC=NC2. The summed E-state index contributed by atoms with van der Waals surface area (Å²) in [6, 6.07) is 5.19. The Morgan fingerprint density at radius 3 is 3.00 bits per heavy atom. The molecule has 0 amide bonds. The van der Waals surface area contributed by atoms with Crippen LogP contribution in [0.4, 0.5) is 0 Å². The van der Waals surface area contributed by atoms with Gasteiger partial charge in [0.1, 0.15) is 0 Å². The third kappa shape index (κ3) is 1.45. The second-order valence-electron chi connectivity index (χ2n) is 3.02. The molecular weight excluding hydrogens is 166 g/mol. The highest BCUT2D eigenvalue weighted by Crippen LogP contribution is 2.16. The van der Waals surface area contributed by atoms with Crippen molar-refractivity contribution < 1.29 is 9.90 Å². The highest BCUT2D eigenvalue weighted by atomic mass is 16.4. The zero-order valence-electron chi connectivity index (χ0n) is 7.03. The lowest BCUT2D eigenvalue weighted by molar-refractivity contribution is 0.0697. The number of carbonyl (C=O) groups is 1. The summed E-state index contributed by atoms with van der Waals surface area (Å²) in [6.07, 6.45) is 2.57. The van der Waals surface area contributed by atoms with Gasteiger partial charge in [-0.05, 0) is 23.3 Å². The first-order valence-electron chi connectivity index (χ1n) is 4.11. The Morgan fingerprint density at radius 2 is 2.23 bits per heavy atom. The molecule has 3 nitrogen and oxygen atoms in total. The van der Waals surface area contributed by atoms with Gasteiger partial charge in [0.05, 0.1) is 12.1 Å². The van der Waals surface area contributed by atoms with Gasteiger partial charge in [0.15, 0.2) is 0 Å². The molecule has 0 bridgehead atoms. The van der Waals surface area contributed by atoms with Crippen LogP contribution in [0.15, 0.2) is 23.2 Å². The maximum absolute atomic E-state index is 10.7. The number of benzene rings is 1. The van der Waals surface area contributed by atoms with E-state index in [0.717, 1.165) is 17.5 Å². The first-order valence-corrected chi connectivity index (χ1v) is 4.11. The summed E-state index contributed by atoms with van der Waals surface area (Å²) in [5, 5.41) is 8.75. The Labute approximate surface area is 75.7 Å². The van der Waals surface area contributed by atoms with Crippen molar-refractivity contribution >= 4 is 12.2 Å². The Bertz CT molecular complexity index is 383. The monoisotopic (exact) mass is 175 g/mol. The van der Waals surface area contributed by atoms with Crippen LogP contribution >= 0.6 is 0 Å². The molecule has 0 aromatic heterocycles. The molecule has 0 atom stereocenters. The van der Waals surface area contributed by atoms with Gasteiger partial charge in [0.2, 0.25) is 0 Å². The van der Waals surface area contributed by atoms with Crippen LogP contribution in [0.1, 0.15) is 21.5 Å². The Hall–Kier alpha value is -1.64. The van der Waals surface area contributed by atoms with Crippen molar-refractivity contribution in [2.24, 2.45) is 4.99 Å². The third-order valence-electron chi connectivity index (χ3n) is 2.16. The van der Waals surface area contributed by atoms with Crippen LogP contribution in [0.2, 0.25) is 0 Å². The average Bonchev–Trinajstić information content (AvgIpc) is 2.17. The van der Waals surface area contributed by atoms with Crippen LogP contribution in [-0.2, 0) is 13.0 Å². The topological polar surface area (TPSA) is 49.7 Å². The predicted molar refractivity (Wildman–Crippen MR) is 49.3 cm³/mol. The van der Waals surface area contributed by atoms with Crippen molar-refractivity contribution in [1.82, 2.24) is 0 Å². The third-order valence-corrected chi connectivity index (χ3v) is 2.16. The van der Waals surface area contributed by atoms with E-state index in [1.807, 2.05) is 12.3 Å². The molecule has 0 unspecified atom stereocenters. The largest absolute Gasteiger partial charge is 0.478 e.